The molecule has 0 aliphatic heterocycles. The van der Waals surface area contributed by atoms with Crippen molar-refractivity contribution in [3.05, 3.63) is 47.5 Å². The van der Waals surface area contributed by atoms with Crippen LogP contribution in [0.1, 0.15) is 23.7 Å². The second kappa shape index (κ2) is 6.24. The largest absolute Gasteiger partial charge is 0.392 e. The summed E-state index contributed by atoms with van der Waals surface area (Å²) in [6.07, 6.45) is 5.25. The molecule has 0 amide bonds. The van der Waals surface area contributed by atoms with Gasteiger partial charge in [0, 0.05) is 42.9 Å². The predicted molar refractivity (Wildman–Crippen MR) is 73.7 cm³/mol. The van der Waals surface area contributed by atoms with E-state index in [1.54, 1.807) is 18.6 Å². The van der Waals surface area contributed by atoms with Crippen LogP contribution in [-0.2, 0) is 13.2 Å². The van der Waals surface area contributed by atoms with Gasteiger partial charge in [0.1, 0.15) is 0 Å². The Morgan fingerprint density at radius 2 is 2.00 bits per heavy atom. The molecule has 0 saturated carbocycles. The van der Waals surface area contributed by atoms with Crippen molar-refractivity contribution in [3.63, 3.8) is 0 Å². The third-order valence-electron chi connectivity index (χ3n) is 3.03. The molecule has 0 unspecified atom stereocenters. The van der Waals surface area contributed by atoms with Crippen LogP contribution in [0.3, 0.4) is 0 Å². The first-order chi connectivity index (χ1) is 9.24. The van der Waals surface area contributed by atoms with Gasteiger partial charge < -0.3 is 10.0 Å². The van der Waals surface area contributed by atoms with E-state index in [1.165, 1.54) is 5.56 Å². The van der Waals surface area contributed by atoms with Crippen molar-refractivity contribution in [2.24, 2.45) is 0 Å². The summed E-state index contributed by atoms with van der Waals surface area (Å²) in [5.74, 6) is 0.689. The van der Waals surface area contributed by atoms with Crippen molar-refractivity contribution >= 4 is 5.95 Å². The van der Waals surface area contributed by atoms with Gasteiger partial charge in [-0.1, -0.05) is 0 Å². The summed E-state index contributed by atoms with van der Waals surface area (Å²) >= 11 is 0. The van der Waals surface area contributed by atoms with Crippen molar-refractivity contribution in [2.75, 3.05) is 11.4 Å². The summed E-state index contributed by atoms with van der Waals surface area (Å²) in [7, 11) is 0. The molecule has 5 heteroatoms. The molecule has 1 N–H and O–H groups in total. The molecule has 0 radical (unpaired) electrons. The molecule has 0 aliphatic rings. The smallest absolute Gasteiger partial charge is 0.225 e. The molecule has 19 heavy (non-hydrogen) atoms. The zero-order valence-corrected chi connectivity index (χ0v) is 11.2. The third-order valence-corrected chi connectivity index (χ3v) is 3.03. The number of rotatable bonds is 5. The van der Waals surface area contributed by atoms with E-state index >= 15 is 0 Å². The molecule has 0 bridgehead atoms. The summed E-state index contributed by atoms with van der Waals surface area (Å²) < 4.78 is 0. The Bertz CT molecular complexity index is 530. The van der Waals surface area contributed by atoms with E-state index in [2.05, 4.69) is 26.8 Å². The summed E-state index contributed by atoms with van der Waals surface area (Å²) in [5, 5.41) is 9.14. The fourth-order valence-corrected chi connectivity index (χ4v) is 1.82. The topological polar surface area (TPSA) is 62.1 Å². The molecule has 0 aliphatic carbocycles. The standard InChI is InChI=1S/C14H18N4O/c1-3-18(9-12-4-6-15-7-5-12)14-16-8-13(10-19)11(2)17-14/h4-8,19H,3,9-10H2,1-2H3. The lowest BCUT2D eigenvalue weighted by Crippen LogP contribution is -2.24. The van der Waals surface area contributed by atoms with Crippen molar-refractivity contribution in [1.82, 2.24) is 15.0 Å². The van der Waals surface area contributed by atoms with Crippen LogP contribution >= 0.6 is 0 Å². The van der Waals surface area contributed by atoms with E-state index in [-0.39, 0.29) is 6.61 Å². The fraction of sp³-hybridized carbons (Fsp3) is 0.357. The molecular formula is C14H18N4O. The zero-order chi connectivity index (χ0) is 13.7. The highest BCUT2D eigenvalue weighted by molar-refractivity contribution is 5.34. The second-order valence-electron chi connectivity index (χ2n) is 4.31. The zero-order valence-electron chi connectivity index (χ0n) is 11.2. The van der Waals surface area contributed by atoms with Gasteiger partial charge in [-0.05, 0) is 31.5 Å². The maximum Gasteiger partial charge on any atom is 0.225 e. The fourth-order valence-electron chi connectivity index (χ4n) is 1.82. The summed E-state index contributed by atoms with van der Waals surface area (Å²) in [6.45, 7) is 5.50. The number of nitrogens with zero attached hydrogens (tertiary/aromatic N) is 4. The van der Waals surface area contributed by atoms with E-state index in [9.17, 15) is 0 Å². The number of hydrogen-bond acceptors (Lipinski definition) is 5. The minimum atomic E-state index is -0.0252. The second-order valence-corrected chi connectivity index (χ2v) is 4.31. The Labute approximate surface area is 113 Å². The van der Waals surface area contributed by atoms with Crippen LogP contribution in [0.5, 0.6) is 0 Å². The molecule has 2 aromatic rings. The molecule has 0 spiro atoms. The lowest BCUT2D eigenvalue weighted by molar-refractivity contribution is 0.280. The van der Waals surface area contributed by atoms with Crippen LogP contribution < -0.4 is 4.90 Å². The Hall–Kier alpha value is -2.01. The van der Waals surface area contributed by atoms with Crippen LogP contribution in [0.4, 0.5) is 5.95 Å². The van der Waals surface area contributed by atoms with Gasteiger partial charge in [0.25, 0.3) is 0 Å². The summed E-state index contributed by atoms with van der Waals surface area (Å²) in [4.78, 5) is 14.9. The normalized spacial score (nSPS) is 10.5. The van der Waals surface area contributed by atoms with E-state index in [4.69, 9.17) is 5.11 Å². The van der Waals surface area contributed by atoms with Crippen LogP contribution in [0.15, 0.2) is 30.7 Å². The van der Waals surface area contributed by atoms with E-state index in [0.29, 0.717) is 5.95 Å². The Morgan fingerprint density at radius 1 is 1.26 bits per heavy atom. The highest BCUT2D eigenvalue weighted by atomic mass is 16.3. The van der Waals surface area contributed by atoms with Gasteiger partial charge >= 0.3 is 0 Å². The molecule has 5 nitrogen and oxygen atoms in total. The molecular weight excluding hydrogens is 240 g/mol. The lowest BCUT2D eigenvalue weighted by Gasteiger charge is -2.21. The highest BCUT2D eigenvalue weighted by Crippen LogP contribution is 2.14. The minimum absolute atomic E-state index is 0.0252. The summed E-state index contributed by atoms with van der Waals surface area (Å²) in [6, 6.07) is 3.97. The Morgan fingerprint density at radius 3 is 2.58 bits per heavy atom. The Balaban J connectivity index is 2.20. The number of aliphatic hydroxyl groups is 1. The van der Waals surface area contributed by atoms with Gasteiger partial charge in [-0.3, -0.25) is 4.98 Å². The van der Waals surface area contributed by atoms with Crippen LogP contribution in [0, 0.1) is 6.92 Å². The summed E-state index contributed by atoms with van der Waals surface area (Å²) in [5.41, 5.74) is 2.76. The number of aliphatic hydroxyl groups excluding tert-OH is 1. The average Bonchev–Trinajstić information content (AvgIpc) is 2.46. The third kappa shape index (κ3) is 3.26. The number of aryl methyl sites for hydroxylation is 1. The van der Waals surface area contributed by atoms with Gasteiger partial charge in [0.2, 0.25) is 5.95 Å². The highest BCUT2D eigenvalue weighted by Gasteiger charge is 2.10. The molecule has 2 heterocycles. The maximum atomic E-state index is 9.14. The predicted octanol–water partition coefficient (Wildman–Crippen LogP) is 1.70. The molecule has 0 saturated heterocycles. The van der Waals surface area contributed by atoms with Gasteiger partial charge in [-0.25, -0.2) is 9.97 Å². The van der Waals surface area contributed by atoms with Crippen LogP contribution in [0.25, 0.3) is 0 Å². The maximum absolute atomic E-state index is 9.14. The quantitative estimate of drug-likeness (QED) is 0.884. The number of aromatic nitrogens is 3. The molecule has 0 atom stereocenters. The SMILES string of the molecule is CCN(Cc1ccncc1)c1ncc(CO)c(C)n1. The van der Waals surface area contributed by atoms with Crippen molar-refractivity contribution in [2.45, 2.75) is 27.0 Å². The van der Waals surface area contributed by atoms with Gasteiger partial charge in [0.15, 0.2) is 0 Å². The van der Waals surface area contributed by atoms with Crippen molar-refractivity contribution < 1.29 is 5.11 Å². The lowest BCUT2D eigenvalue weighted by atomic mass is 10.2. The van der Waals surface area contributed by atoms with Crippen molar-refractivity contribution in [3.8, 4) is 0 Å². The van der Waals surface area contributed by atoms with Gasteiger partial charge in [-0.2, -0.15) is 0 Å². The van der Waals surface area contributed by atoms with E-state index in [1.807, 2.05) is 19.1 Å². The van der Waals surface area contributed by atoms with E-state index in [0.717, 1.165) is 24.3 Å². The number of pyridine rings is 1. The first-order valence-corrected chi connectivity index (χ1v) is 6.31. The molecule has 0 fully saturated rings. The minimum Gasteiger partial charge on any atom is -0.392 e. The van der Waals surface area contributed by atoms with Gasteiger partial charge in [-0.15, -0.1) is 0 Å². The first-order valence-electron chi connectivity index (χ1n) is 6.31. The molecule has 2 rings (SSSR count). The number of hydrogen-bond donors (Lipinski definition) is 1. The number of anilines is 1. The molecule has 100 valence electrons. The van der Waals surface area contributed by atoms with E-state index < -0.39 is 0 Å². The molecule has 0 aromatic carbocycles. The Kier molecular flexibility index (Phi) is 4.41. The monoisotopic (exact) mass is 258 g/mol. The van der Waals surface area contributed by atoms with Crippen LogP contribution in [0.2, 0.25) is 0 Å². The van der Waals surface area contributed by atoms with Gasteiger partial charge in [0.05, 0.1) is 6.61 Å². The van der Waals surface area contributed by atoms with Crippen molar-refractivity contribution in [1.29, 1.82) is 0 Å². The first kappa shape index (κ1) is 13.4. The van der Waals surface area contributed by atoms with Crippen LogP contribution in [-0.4, -0.2) is 26.6 Å². The average molecular weight is 258 g/mol. The molecule has 2 aromatic heterocycles.